The number of aliphatic carboxylic acids is 1. The molecule has 0 rings (SSSR count). The second-order valence-electron chi connectivity index (χ2n) is 7.08. The molecule has 0 aromatic rings. The zero-order valence-corrected chi connectivity index (χ0v) is 17.9. The Labute approximate surface area is 184 Å². The first-order chi connectivity index (χ1) is 14.8. The van der Waals surface area contributed by atoms with Crippen LogP contribution in [0, 0.1) is 0 Å². The number of carbonyl (C=O) groups excluding carboxylic acids is 4. The molecule has 0 aromatic heterocycles. The van der Waals surface area contributed by atoms with Crippen molar-refractivity contribution in [2.75, 3.05) is 6.54 Å². The van der Waals surface area contributed by atoms with Crippen molar-refractivity contribution in [2.24, 2.45) is 27.9 Å². The monoisotopic (exact) mass is 460 g/mol. The van der Waals surface area contributed by atoms with E-state index in [4.69, 9.17) is 28.0 Å². The number of aliphatic hydroxyl groups excluding tert-OH is 1. The Kier molecular flexibility index (Phi) is 12.3. The Hall–Kier alpha value is -3.46. The smallest absolute Gasteiger partial charge is 0.326 e. The molecule has 5 atom stereocenters. The number of hydrogen-bond acceptors (Lipinski definition) is 8. The maximum atomic E-state index is 12.6. The van der Waals surface area contributed by atoms with Gasteiger partial charge >= 0.3 is 5.97 Å². The summed E-state index contributed by atoms with van der Waals surface area (Å²) in [6.07, 6.45) is -1.57. The topological polar surface area (TPSA) is 278 Å². The lowest BCUT2D eigenvalue weighted by atomic mass is 10.1. The predicted octanol–water partition coefficient (Wildman–Crippen LogP) is -4.82. The van der Waals surface area contributed by atoms with Crippen molar-refractivity contribution in [2.45, 2.75) is 63.4 Å². The van der Waals surface area contributed by atoms with Gasteiger partial charge in [0.15, 0.2) is 5.96 Å². The summed E-state index contributed by atoms with van der Waals surface area (Å²) in [5.74, 6) is -5.07. The molecule has 15 heteroatoms. The Balaban J connectivity index is 5.29. The highest BCUT2D eigenvalue weighted by Gasteiger charge is 2.29. The Bertz CT molecular complexity index is 724. The van der Waals surface area contributed by atoms with Crippen molar-refractivity contribution in [1.29, 1.82) is 0 Å². The van der Waals surface area contributed by atoms with Crippen LogP contribution in [0.3, 0.4) is 0 Å². The number of nitrogens with two attached hydrogens (primary N) is 4. The van der Waals surface area contributed by atoms with Crippen LogP contribution in [0.1, 0.15) is 33.1 Å². The molecule has 4 amide bonds. The van der Waals surface area contributed by atoms with Crippen LogP contribution >= 0.6 is 0 Å². The van der Waals surface area contributed by atoms with Gasteiger partial charge in [-0.25, -0.2) is 4.79 Å². The molecule has 5 unspecified atom stereocenters. The number of hydrogen-bond donors (Lipinski definition) is 9. The number of primary amides is 1. The molecule has 0 radical (unpaired) electrons. The third kappa shape index (κ3) is 11.1. The van der Waals surface area contributed by atoms with Gasteiger partial charge in [-0.15, -0.1) is 0 Å². The first kappa shape index (κ1) is 28.5. The number of rotatable bonds is 14. The van der Waals surface area contributed by atoms with E-state index >= 15 is 0 Å². The van der Waals surface area contributed by atoms with Crippen LogP contribution in [0.15, 0.2) is 4.99 Å². The van der Waals surface area contributed by atoms with Gasteiger partial charge in [-0.2, -0.15) is 0 Å². The normalized spacial score (nSPS) is 15.2. The van der Waals surface area contributed by atoms with Gasteiger partial charge < -0.3 is 49.1 Å². The molecule has 0 spiro atoms. The van der Waals surface area contributed by atoms with Gasteiger partial charge in [0.2, 0.25) is 23.6 Å². The Morgan fingerprint density at radius 1 is 0.906 bits per heavy atom. The van der Waals surface area contributed by atoms with Crippen molar-refractivity contribution in [3.05, 3.63) is 0 Å². The van der Waals surface area contributed by atoms with Gasteiger partial charge in [0.05, 0.1) is 12.5 Å². The molecule has 0 aliphatic rings. The van der Waals surface area contributed by atoms with E-state index in [1.807, 2.05) is 0 Å². The van der Waals surface area contributed by atoms with Crippen LogP contribution in [-0.4, -0.2) is 82.6 Å². The summed E-state index contributed by atoms with van der Waals surface area (Å²) in [5.41, 5.74) is 21.0. The summed E-state index contributed by atoms with van der Waals surface area (Å²) in [6, 6.07) is -5.25. The van der Waals surface area contributed by atoms with Gasteiger partial charge in [-0.3, -0.25) is 24.2 Å². The van der Waals surface area contributed by atoms with E-state index in [-0.39, 0.29) is 25.3 Å². The first-order valence-corrected chi connectivity index (χ1v) is 9.67. The summed E-state index contributed by atoms with van der Waals surface area (Å²) < 4.78 is 0. The zero-order chi connectivity index (χ0) is 25.0. The summed E-state index contributed by atoms with van der Waals surface area (Å²) in [6.45, 7) is 2.75. The summed E-state index contributed by atoms with van der Waals surface area (Å²) >= 11 is 0. The van der Waals surface area contributed by atoms with E-state index in [2.05, 4.69) is 20.9 Å². The molecule has 0 saturated carbocycles. The molecular weight excluding hydrogens is 428 g/mol. The number of nitrogens with zero attached hydrogens (tertiary/aromatic N) is 1. The van der Waals surface area contributed by atoms with Crippen molar-refractivity contribution >= 4 is 35.6 Å². The largest absolute Gasteiger partial charge is 0.480 e. The molecule has 15 nitrogen and oxygen atoms in total. The maximum Gasteiger partial charge on any atom is 0.326 e. The predicted molar refractivity (Wildman–Crippen MR) is 112 cm³/mol. The Morgan fingerprint density at radius 2 is 1.47 bits per heavy atom. The van der Waals surface area contributed by atoms with E-state index in [1.54, 1.807) is 0 Å². The first-order valence-electron chi connectivity index (χ1n) is 9.67. The number of aliphatic hydroxyl groups is 1. The fourth-order valence-corrected chi connectivity index (χ4v) is 2.34. The molecule has 0 aromatic carbocycles. The molecule has 0 fully saturated rings. The fraction of sp³-hybridized carbons (Fsp3) is 0.647. The van der Waals surface area contributed by atoms with Gasteiger partial charge in [-0.1, -0.05) is 0 Å². The molecular formula is C17H32N8O7. The number of carboxylic acids is 1. The molecule has 32 heavy (non-hydrogen) atoms. The molecule has 0 heterocycles. The summed E-state index contributed by atoms with van der Waals surface area (Å²) in [7, 11) is 0. The summed E-state index contributed by atoms with van der Waals surface area (Å²) in [4.78, 5) is 63.0. The van der Waals surface area contributed by atoms with E-state index < -0.39 is 66.3 Å². The highest BCUT2D eigenvalue weighted by Crippen LogP contribution is 2.03. The second-order valence-corrected chi connectivity index (χ2v) is 7.08. The lowest BCUT2D eigenvalue weighted by Gasteiger charge is -2.23. The van der Waals surface area contributed by atoms with Gasteiger partial charge in [0.1, 0.15) is 24.2 Å². The number of carboxylic acid groups (broad SMARTS) is 1. The van der Waals surface area contributed by atoms with E-state index in [0.717, 1.165) is 0 Å². The van der Waals surface area contributed by atoms with E-state index in [9.17, 15) is 29.1 Å². The second kappa shape index (κ2) is 13.8. The number of amides is 4. The van der Waals surface area contributed by atoms with E-state index in [0.29, 0.717) is 0 Å². The van der Waals surface area contributed by atoms with Crippen LogP contribution in [-0.2, 0) is 24.0 Å². The highest BCUT2D eigenvalue weighted by atomic mass is 16.4. The lowest BCUT2D eigenvalue weighted by molar-refractivity contribution is -0.143. The number of guanidine groups is 1. The third-order valence-corrected chi connectivity index (χ3v) is 4.17. The fourth-order valence-electron chi connectivity index (χ4n) is 2.34. The molecule has 13 N–H and O–H groups in total. The lowest BCUT2D eigenvalue weighted by Crippen LogP contribution is -2.57. The number of carbonyl (C=O) groups is 5. The zero-order valence-electron chi connectivity index (χ0n) is 17.9. The Morgan fingerprint density at radius 3 is 1.94 bits per heavy atom. The SMILES string of the molecule is CC(NC(=O)C(N)C(C)O)C(=O)NC(CCCN=C(N)N)C(=O)NC(CC(N)=O)C(=O)O. The highest BCUT2D eigenvalue weighted by molar-refractivity contribution is 5.94. The van der Waals surface area contributed by atoms with Crippen molar-refractivity contribution < 1.29 is 34.2 Å². The molecule has 0 aliphatic heterocycles. The minimum atomic E-state index is -1.60. The molecule has 182 valence electrons. The molecule has 0 saturated heterocycles. The van der Waals surface area contributed by atoms with Crippen LogP contribution < -0.4 is 38.9 Å². The van der Waals surface area contributed by atoms with Gasteiger partial charge in [0, 0.05) is 6.54 Å². The third-order valence-electron chi connectivity index (χ3n) is 4.17. The number of aliphatic imine (C=N–C) groups is 1. The van der Waals surface area contributed by atoms with Crippen LogP contribution in [0.2, 0.25) is 0 Å². The van der Waals surface area contributed by atoms with Crippen molar-refractivity contribution in [3.63, 3.8) is 0 Å². The molecule has 0 bridgehead atoms. The average molecular weight is 460 g/mol. The average Bonchev–Trinajstić information content (AvgIpc) is 2.67. The van der Waals surface area contributed by atoms with Crippen molar-refractivity contribution in [1.82, 2.24) is 16.0 Å². The van der Waals surface area contributed by atoms with Gasteiger partial charge in [0.25, 0.3) is 0 Å². The minimum absolute atomic E-state index is 0.00508. The maximum absolute atomic E-state index is 12.6. The van der Waals surface area contributed by atoms with Crippen molar-refractivity contribution in [3.8, 4) is 0 Å². The van der Waals surface area contributed by atoms with Gasteiger partial charge in [-0.05, 0) is 26.7 Å². The number of nitrogens with one attached hydrogen (secondary N) is 3. The summed E-state index contributed by atoms with van der Waals surface area (Å²) in [5, 5.41) is 25.3. The molecule has 0 aliphatic carbocycles. The van der Waals surface area contributed by atoms with E-state index in [1.165, 1.54) is 13.8 Å². The van der Waals surface area contributed by atoms with Crippen LogP contribution in [0.4, 0.5) is 0 Å². The minimum Gasteiger partial charge on any atom is -0.480 e. The van der Waals surface area contributed by atoms with Crippen LogP contribution in [0.25, 0.3) is 0 Å². The standard InChI is InChI=1S/C17H32N8O7/c1-7(23-15(30)12(19)8(2)26)13(28)24-9(4-3-5-22-17(20)21)14(29)25-10(16(31)32)6-11(18)27/h7-10,12,26H,3-6,19H2,1-2H3,(H2,18,27)(H,23,30)(H,24,28)(H,25,29)(H,31,32)(H4,20,21,22). The quantitative estimate of drug-likeness (QED) is 0.0677. The van der Waals surface area contributed by atoms with Crippen LogP contribution in [0.5, 0.6) is 0 Å².